The van der Waals surface area contributed by atoms with E-state index in [1.807, 2.05) is 43.3 Å². The molecule has 0 aliphatic carbocycles. The molecule has 5 aromatic rings. The van der Waals surface area contributed by atoms with Gasteiger partial charge in [0.05, 0.1) is 23.5 Å². The first-order valence-electron chi connectivity index (χ1n) is 14.8. The number of aryl methyl sites for hydroxylation is 1. The lowest BCUT2D eigenvalue weighted by Crippen LogP contribution is -2.41. The lowest BCUT2D eigenvalue weighted by molar-refractivity contribution is -0.118. The molecular formula is C37H32N2O8S. The maximum absolute atomic E-state index is 14.0. The molecule has 0 saturated heterocycles. The fraction of sp³-hybridized carbons (Fsp3) is 0.108. The van der Waals surface area contributed by atoms with Gasteiger partial charge in [-0.15, -0.1) is 0 Å². The van der Waals surface area contributed by atoms with Crippen molar-refractivity contribution in [1.82, 2.24) is 4.31 Å². The van der Waals surface area contributed by atoms with Crippen LogP contribution in [-0.4, -0.2) is 59.5 Å². The predicted molar refractivity (Wildman–Crippen MR) is 182 cm³/mol. The number of phenols is 1. The number of carbonyl (C=O) groups excluding carboxylic acids is 1. The van der Waals surface area contributed by atoms with Crippen molar-refractivity contribution in [3.05, 3.63) is 138 Å². The van der Waals surface area contributed by atoms with Crippen molar-refractivity contribution in [3.8, 4) is 28.0 Å². The maximum atomic E-state index is 14.0. The molecule has 5 rings (SSSR count). The zero-order valence-corrected chi connectivity index (χ0v) is 26.9. The van der Waals surface area contributed by atoms with Crippen LogP contribution in [0.15, 0.2) is 120 Å². The van der Waals surface area contributed by atoms with E-state index in [-0.39, 0.29) is 28.3 Å². The van der Waals surface area contributed by atoms with E-state index in [0.717, 1.165) is 33.1 Å². The Morgan fingerprint density at radius 1 is 0.688 bits per heavy atom. The number of carbonyl (C=O) groups is 3. The number of carboxylic acid groups (broad SMARTS) is 2. The van der Waals surface area contributed by atoms with Gasteiger partial charge in [0.15, 0.2) is 0 Å². The summed E-state index contributed by atoms with van der Waals surface area (Å²) in [6, 6.07) is 31.2. The SMILES string of the molecule is Cc1ccc(S(=O)(=O)N(C)CC(=O)N(Cc2ccc(-c3ccccc3)c(-c3ccccc3C(=O)O)c2)c2ccc(C(=O)O)c(O)c2)cc1. The highest BCUT2D eigenvalue weighted by Gasteiger charge is 2.27. The molecule has 244 valence electrons. The standard InChI is InChI=1S/C37H32N2O8S/c1-24-12-16-28(17-13-24)48(46,47)38(2)23-35(41)39(27-15-19-32(37(44)45)34(40)21-27)22-25-14-18-29(26-8-4-3-5-9-26)33(20-25)30-10-6-7-11-31(30)36(42)43/h3-21,40H,22-23H2,1-2H3,(H,42,43)(H,44,45). The third kappa shape index (κ3) is 7.12. The molecule has 0 saturated carbocycles. The Hall–Kier alpha value is -5.78. The first kappa shape index (κ1) is 33.6. The van der Waals surface area contributed by atoms with Crippen LogP contribution in [0.2, 0.25) is 0 Å². The summed E-state index contributed by atoms with van der Waals surface area (Å²) in [6.45, 7) is 1.12. The van der Waals surface area contributed by atoms with Gasteiger partial charge in [-0.25, -0.2) is 18.0 Å². The third-order valence-electron chi connectivity index (χ3n) is 7.87. The molecule has 1 amide bonds. The molecule has 0 unspecified atom stereocenters. The van der Waals surface area contributed by atoms with Crippen LogP contribution >= 0.6 is 0 Å². The molecule has 48 heavy (non-hydrogen) atoms. The summed E-state index contributed by atoms with van der Waals surface area (Å²) in [7, 11) is -2.77. The van der Waals surface area contributed by atoms with Crippen LogP contribution in [0.4, 0.5) is 5.69 Å². The van der Waals surface area contributed by atoms with Gasteiger partial charge in [-0.1, -0.05) is 78.4 Å². The van der Waals surface area contributed by atoms with Crippen molar-refractivity contribution in [2.24, 2.45) is 0 Å². The zero-order valence-electron chi connectivity index (χ0n) is 26.1. The van der Waals surface area contributed by atoms with Gasteiger partial charge in [-0.05, 0) is 71.1 Å². The zero-order chi connectivity index (χ0) is 34.6. The van der Waals surface area contributed by atoms with E-state index in [1.165, 1.54) is 36.2 Å². The number of carboxylic acids is 2. The average Bonchev–Trinajstić information content (AvgIpc) is 3.07. The summed E-state index contributed by atoms with van der Waals surface area (Å²) in [6.07, 6.45) is 0. The Morgan fingerprint density at radius 2 is 1.33 bits per heavy atom. The molecule has 0 bridgehead atoms. The number of sulfonamides is 1. The molecule has 5 aromatic carbocycles. The number of rotatable bonds is 11. The molecule has 0 heterocycles. The summed E-state index contributed by atoms with van der Waals surface area (Å²) in [4.78, 5) is 39.0. The first-order valence-corrected chi connectivity index (χ1v) is 16.2. The van der Waals surface area contributed by atoms with Crippen molar-refractivity contribution in [1.29, 1.82) is 0 Å². The number of hydrogen-bond donors (Lipinski definition) is 3. The maximum Gasteiger partial charge on any atom is 0.339 e. The van der Waals surface area contributed by atoms with Crippen LogP contribution in [-0.2, 0) is 21.4 Å². The van der Waals surface area contributed by atoms with Crippen LogP contribution in [0, 0.1) is 6.92 Å². The molecule has 0 aliphatic heterocycles. The van der Waals surface area contributed by atoms with Crippen molar-refractivity contribution in [2.45, 2.75) is 18.4 Å². The minimum absolute atomic E-state index is 0.0108. The highest BCUT2D eigenvalue weighted by Crippen LogP contribution is 2.36. The summed E-state index contributed by atoms with van der Waals surface area (Å²) in [5.74, 6) is -3.71. The fourth-order valence-corrected chi connectivity index (χ4v) is 6.43. The Kier molecular flexibility index (Phi) is 9.74. The van der Waals surface area contributed by atoms with Gasteiger partial charge in [0.1, 0.15) is 11.3 Å². The number of benzene rings is 5. The fourth-order valence-electron chi connectivity index (χ4n) is 5.31. The van der Waals surface area contributed by atoms with Crippen molar-refractivity contribution < 1.29 is 38.1 Å². The lowest BCUT2D eigenvalue weighted by Gasteiger charge is -2.27. The van der Waals surface area contributed by atoms with Crippen LogP contribution in [0.5, 0.6) is 5.75 Å². The molecule has 0 spiro atoms. The average molecular weight is 665 g/mol. The highest BCUT2D eigenvalue weighted by molar-refractivity contribution is 7.89. The summed E-state index contributed by atoms with van der Waals surface area (Å²) in [5.41, 5.74) is 3.90. The van der Waals surface area contributed by atoms with Crippen LogP contribution in [0.25, 0.3) is 22.3 Å². The normalized spacial score (nSPS) is 11.3. The van der Waals surface area contributed by atoms with E-state index in [0.29, 0.717) is 16.7 Å². The summed E-state index contributed by atoms with van der Waals surface area (Å²) >= 11 is 0. The minimum atomic E-state index is -4.05. The molecule has 3 N–H and O–H groups in total. The number of hydrogen-bond acceptors (Lipinski definition) is 6. The van der Waals surface area contributed by atoms with E-state index in [1.54, 1.807) is 42.5 Å². The van der Waals surface area contributed by atoms with Gasteiger partial charge in [0, 0.05) is 18.8 Å². The quantitative estimate of drug-likeness (QED) is 0.149. The van der Waals surface area contributed by atoms with Crippen LogP contribution < -0.4 is 4.90 Å². The van der Waals surface area contributed by atoms with E-state index >= 15 is 0 Å². The van der Waals surface area contributed by atoms with Crippen molar-refractivity contribution >= 4 is 33.6 Å². The number of anilines is 1. The molecule has 0 atom stereocenters. The molecule has 0 aliphatic rings. The molecule has 0 radical (unpaired) electrons. The van der Waals surface area contributed by atoms with Gasteiger partial charge in [0.2, 0.25) is 15.9 Å². The van der Waals surface area contributed by atoms with Gasteiger partial charge < -0.3 is 20.2 Å². The second kappa shape index (κ2) is 13.9. The van der Waals surface area contributed by atoms with E-state index in [4.69, 9.17) is 0 Å². The minimum Gasteiger partial charge on any atom is -0.507 e. The van der Waals surface area contributed by atoms with Crippen LogP contribution in [0.3, 0.4) is 0 Å². The number of aromatic hydroxyl groups is 1. The largest absolute Gasteiger partial charge is 0.507 e. The van der Waals surface area contributed by atoms with Gasteiger partial charge in [0.25, 0.3) is 0 Å². The Balaban J connectivity index is 1.58. The number of amides is 1. The molecule has 0 fully saturated rings. The topological polar surface area (TPSA) is 153 Å². The Bertz CT molecular complexity index is 2110. The summed E-state index contributed by atoms with van der Waals surface area (Å²) in [5, 5.41) is 29.9. The van der Waals surface area contributed by atoms with Crippen LogP contribution in [0.1, 0.15) is 31.8 Å². The number of nitrogens with zero attached hydrogens (tertiary/aromatic N) is 2. The lowest BCUT2D eigenvalue weighted by atomic mass is 9.90. The molecule has 10 nitrogen and oxygen atoms in total. The van der Waals surface area contributed by atoms with E-state index < -0.39 is 40.2 Å². The van der Waals surface area contributed by atoms with E-state index in [9.17, 15) is 38.1 Å². The first-order chi connectivity index (χ1) is 22.9. The number of aromatic carboxylic acids is 2. The summed E-state index contributed by atoms with van der Waals surface area (Å²) < 4.78 is 27.6. The molecule has 11 heteroatoms. The van der Waals surface area contributed by atoms with E-state index in [2.05, 4.69) is 0 Å². The van der Waals surface area contributed by atoms with Crippen molar-refractivity contribution in [3.63, 3.8) is 0 Å². The molecular weight excluding hydrogens is 632 g/mol. The van der Waals surface area contributed by atoms with Gasteiger partial charge in [-0.2, -0.15) is 4.31 Å². The Morgan fingerprint density at radius 3 is 1.98 bits per heavy atom. The third-order valence-corrected chi connectivity index (χ3v) is 9.69. The second-order valence-corrected chi connectivity index (χ2v) is 13.2. The second-order valence-electron chi connectivity index (χ2n) is 11.2. The molecule has 0 aromatic heterocycles. The highest BCUT2D eigenvalue weighted by atomic mass is 32.2. The van der Waals surface area contributed by atoms with Gasteiger partial charge >= 0.3 is 11.9 Å². The Labute approximate surface area is 277 Å². The number of likely N-dealkylation sites (N-methyl/N-ethyl adjacent to an activating group) is 1. The van der Waals surface area contributed by atoms with Gasteiger partial charge in [-0.3, -0.25) is 4.79 Å². The predicted octanol–water partition coefficient (Wildman–Crippen LogP) is 6.28. The monoisotopic (exact) mass is 664 g/mol. The smallest absolute Gasteiger partial charge is 0.339 e. The van der Waals surface area contributed by atoms with Crippen molar-refractivity contribution in [2.75, 3.05) is 18.5 Å².